The van der Waals surface area contributed by atoms with Gasteiger partial charge >= 0.3 is 15.6 Å². The molecule has 0 unspecified atom stereocenters. The number of phosphoric ester groups is 2. The van der Waals surface area contributed by atoms with Crippen LogP contribution in [0.2, 0.25) is 0 Å². The van der Waals surface area contributed by atoms with Gasteiger partial charge in [-0.15, -0.1) is 0 Å². The summed E-state index contributed by atoms with van der Waals surface area (Å²) in [5.74, 6) is -1.31. The minimum Gasteiger partial charge on any atom is -0.748 e. The first-order chi connectivity index (χ1) is 42.1. The van der Waals surface area contributed by atoms with Crippen molar-refractivity contribution in [3.05, 3.63) is 105 Å². The van der Waals surface area contributed by atoms with E-state index in [9.17, 15) is 69.3 Å². The van der Waals surface area contributed by atoms with Crippen molar-refractivity contribution in [3.8, 4) is 11.5 Å². The molecular formula is C57H74N10O19P2S2. The van der Waals surface area contributed by atoms with Crippen molar-refractivity contribution in [3.63, 3.8) is 0 Å². The molecule has 4 aliphatic rings. The summed E-state index contributed by atoms with van der Waals surface area (Å²) in [4.78, 5) is 81.9. The van der Waals surface area contributed by atoms with Crippen molar-refractivity contribution in [1.29, 1.82) is 0 Å². The highest BCUT2D eigenvalue weighted by Gasteiger charge is 2.50. The predicted octanol–water partition coefficient (Wildman–Crippen LogP) is 3.37. The zero-order chi connectivity index (χ0) is 65.6. The number of aliphatic hydroxyl groups excluding tert-OH is 1. The minimum atomic E-state index is -5.28. The number of nitrogen functional groups attached to an aromatic ring is 1. The molecule has 1 fully saturated rings. The van der Waals surface area contributed by atoms with Crippen LogP contribution in [0.4, 0.5) is 17.5 Å². The van der Waals surface area contributed by atoms with Gasteiger partial charge in [-0.1, -0.05) is 37.1 Å². The number of carbonyl (C=O) groups is 2. The summed E-state index contributed by atoms with van der Waals surface area (Å²) in [6.45, 7) is 12.6. The molecule has 5 aromatic rings. The molecule has 9 rings (SSSR count). The Kier molecular flexibility index (Phi) is 19.8. The van der Waals surface area contributed by atoms with Crippen LogP contribution < -0.4 is 41.2 Å². The number of imidazole rings is 1. The molecule has 6 heterocycles. The topological polar surface area (TPSA) is 421 Å². The van der Waals surface area contributed by atoms with Crippen LogP contribution in [0.1, 0.15) is 119 Å². The van der Waals surface area contributed by atoms with Crippen LogP contribution in [0.25, 0.3) is 27.9 Å². The quantitative estimate of drug-likeness (QED) is 0.0163. The SMILES string of the molecule is CCN1c2cc3c(cc2C(CS(=O)(=O)[O-])=CC1(C)C)C(c1ccccc1C(=O)N(C)CCCC(=O)NCCCCCCNc1nc2c(N)ncnc2n1[C@@H]1O[C@H](COP(=O)(O)O)[C@@H](OP(=O)(O)O)[C@H]1O)=c1cc2c(cc1O3)=[N+](CC)C(C)(C)C=C2CS(=O)(=O)O. The summed E-state index contributed by atoms with van der Waals surface area (Å²) in [5, 5.41) is 18.4. The van der Waals surface area contributed by atoms with Crippen LogP contribution in [0, 0.1) is 0 Å². The molecule has 0 spiro atoms. The highest BCUT2D eigenvalue weighted by atomic mass is 32.2. The van der Waals surface area contributed by atoms with Crippen LogP contribution in [0.5, 0.6) is 11.5 Å². The van der Waals surface area contributed by atoms with E-state index >= 15 is 0 Å². The van der Waals surface area contributed by atoms with Crippen molar-refractivity contribution in [2.75, 3.05) is 73.8 Å². The number of rotatable bonds is 26. The lowest BCUT2D eigenvalue weighted by atomic mass is 9.83. The first-order valence-corrected chi connectivity index (χ1v) is 35.2. The first kappa shape index (κ1) is 67.8. The van der Waals surface area contributed by atoms with Crippen LogP contribution in [-0.2, 0) is 47.9 Å². The van der Waals surface area contributed by atoms with E-state index in [0.29, 0.717) is 125 Å². The lowest BCUT2D eigenvalue weighted by Crippen LogP contribution is -2.50. The number of phosphoric acid groups is 2. The third-order valence-electron chi connectivity index (χ3n) is 16.1. The molecule has 90 heavy (non-hydrogen) atoms. The number of hydrogen-bond donors (Lipinski definition) is 9. The van der Waals surface area contributed by atoms with Crippen molar-refractivity contribution in [2.45, 2.75) is 116 Å². The average molecular weight is 1330 g/mol. The molecule has 4 aliphatic heterocycles. The van der Waals surface area contributed by atoms with Gasteiger partial charge in [-0.25, -0.2) is 37.1 Å². The van der Waals surface area contributed by atoms with E-state index in [1.165, 1.54) is 9.47 Å². The number of aromatic nitrogens is 4. The Morgan fingerprint density at radius 1 is 0.878 bits per heavy atom. The lowest BCUT2D eigenvalue weighted by Gasteiger charge is -2.44. The average Bonchev–Trinajstić information content (AvgIpc) is 0.901. The second-order valence-corrected chi connectivity index (χ2v) is 28.8. The molecule has 0 saturated carbocycles. The summed E-state index contributed by atoms with van der Waals surface area (Å²) >= 11 is 0. The van der Waals surface area contributed by atoms with E-state index in [0.717, 1.165) is 6.33 Å². The lowest BCUT2D eigenvalue weighted by molar-refractivity contribution is -0.121. The number of benzene rings is 3. The van der Waals surface area contributed by atoms with Crippen LogP contribution in [-0.4, -0.2) is 174 Å². The van der Waals surface area contributed by atoms with E-state index in [1.54, 1.807) is 55.6 Å². The largest absolute Gasteiger partial charge is 0.748 e. The maximum atomic E-state index is 14.8. The standard InChI is InChI=1S/C57H74N10O19P2S2/c1-8-65-41-25-43-39(23-37(41)33(27-56(65,3)4)30-89(77,78)79)47(40-24-38-34(31-90(80,81)82)28-57(5,6)66(9-2)42(38)26-44(40)84-43)35-17-12-13-18-36(35)53(70)64(7)22-16-19-46(68)59-20-14-10-11-15-21-60-55-63-48-51(58)61-32-62-52(48)67(55)54-49(69)50(86-88(74,75)76)45(85-54)29-83-87(71,72)73/h12-13,17-18,23-28,32,45,49-50,54,58,69H,8-11,14-16,19-22,29-31H2,1-7H3,(H8,59,68,70,71,72,73,74,75,76,77,78,79,80,81,82)/t45-,49-,50-,54-/m1/s1. The molecule has 29 nitrogen and oxygen atoms in total. The summed E-state index contributed by atoms with van der Waals surface area (Å²) in [6, 6.07) is 14.1. The highest BCUT2D eigenvalue weighted by molar-refractivity contribution is 7.86. The van der Waals surface area contributed by atoms with Gasteiger partial charge in [0.15, 0.2) is 28.7 Å². The second-order valence-electron chi connectivity index (χ2n) is 23.5. The summed E-state index contributed by atoms with van der Waals surface area (Å²) in [6.07, 6.45) is 0.875. The summed E-state index contributed by atoms with van der Waals surface area (Å²) in [5.41, 5.74) is 8.73. The molecule has 33 heteroatoms. The van der Waals surface area contributed by atoms with E-state index in [-0.39, 0.29) is 53.3 Å². The van der Waals surface area contributed by atoms with Gasteiger partial charge in [-0.05, 0) is 87.9 Å². The number of fused-ring (bicyclic) bond motifs is 5. The van der Waals surface area contributed by atoms with Gasteiger partial charge in [0.1, 0.15) is 48.4 Å². The number of nitrogens with zero attached hydrogens (tertiary/aromatic N) is 7. The Morgan fingerprint density at radius 2 is 1.58 bits per heavy atom. The highest BCUT2D eigenvalue weighted by Crippen LogP contribution is 2.49. The summed E-state index contributed by atoms with van der Waals surface area (Å²) in [7, 11) is -18.1. The number of likely N-dealkylation sites (N-methyl/N-ethyl adjacent to an activating group) is 2. The van der Waals surface area contributed by atoms with Crippen molar-refractivity contribution >= 4 is 93.0 Å². The van der Waals surface area contributed by atoms with Crippen LogP contribution >= 0.6 is 15.6 Å². The van der Waals surface area contributed by atoms with Crippen LogP contribution in [0.15, 0.2) is 67.0 Å². The first-order valence-electron chi connectivity index (χ1n) is 29.0. The van der Waals surface area contributed by atoms with Gasteiger partial charge in [0.2, 0.25) is 17.2 Å². The molecule has 2 aromatic heterocycles. The molecule has 0 aliphatic carbocycles. The molecule has 488 valence electrons. The predicted molar refractivity (Wildman–Crippen MR) is 331 cm³/mol. The van der Waals surface area contributed by atoms with Gasteiger partial charge in [0.05, 0.1) is 39.6 Å². The Bertz CT molecular complexity index is 4190. The van der Waals surface area contributed by atoms with Crippen molar-refractivity contribution < 1.29 is 87.9 Å². The number of nitrogens with two attached hydrogens (primary N) is 1. The van der Waals surface area contributed by atoms with E-state index in [2.05, 4.69) is 39.6 Å². The Hall–Kier alpha value is -6.54. The van der Waals surface area contributed by atoms with Gasteiger partial charge in [0.25, 0.3) is 16.0 Å². The fourth-order valence-corrected chi connectivity index (χ4v) is 14.6. The zero-order valence-corrected chi connectivity index (χ0v) is 53.9. The fourth-order valence-electron chi connectivity index (χ4n) is 12.4. The Morgan fingerprint density at radius 3 is 2.24 bits per heavy atom. The third kappa shape index (κ3) is 15.2. The zero-order valence-electron chi connectivity index (χ0n) is 50.5. The number of ether oxygens (including phenoxy) is 2. The molecule has 0 bridgehead atoms. The monoisotopic (exact) mass is 1330 g/mol. The normalized spacial score (nSPS) is 19.5. The Labute approximate surface area is 519 Å². The Balaban J connectivity index is 0.881. The fraction of sp³-hybridized carbons (Fsp3) is 0.474. The van der Waals surface area contributed by atoms with Crippen molar-refractivity contribution in [2.24, 2.45) is 0 Å². The number of nitrogens with one attached hydrogen (secondary N) is 2. The smallest absolute Gasteiger partial charge is 0.470 e. The number of anilines is 3. The second kappa shape index (κ2) is 26.2. The maximum absolute atomic E-state index is 14.8. The van der Waals surface area contributed by atoms with Gasteiger partial charge < -0.3 is 64.9 Å². The minimum absolute atomic E-state index is 0.0415. The van der Waals surface area contributed by atoms with E-state index in [4.69, 9.17) is 19.7 Å². The van der Waals surface area contributed by atoms with E-state index < -0.39 is 89.6 Å². The number of amides is 2. The van der Waals surface area contributed by atoms with Gasteiger partial charge in [-0.3, -0.25) is 27.8 Å². The maximum Gasteiger partial charge on any atom is 0.470 e. The van der Waals surface area contributed by atoms with Crippen LogP contribution in [0.3, 0.4) is 0 Å². The number of carbonyl (C=O) groups excluding carboxylic acids is 2. The third-order valence-corrected chi connectivity index (χ3v) is 18.4. The molecular weight excluding hydrogens is 1250 g/mol. The molecule has 0 radical (unpaired) electrons. The van der Waals surface area contributed by atoms with Gasteiger partial charge in [-0.2, -0.15) is 8.42 Å². The van der Waals surface area contributed by atoms with Crippen molar-refractivity contribution in [1.82, 2.24) is 34.3 Å². The van der Waals surface area contributed by atoms with E-state index in [1.807, 2.05) is 53.7 Å². The molecule has 1 saturated heterocycles. The molecule has 2 amide bonds. The number of unbranched alkanes of at least 4 members (excludes halogenated alkanes) is 3. The summed E-state index contributed by atoms with van der Waals surface area (Å²) < 4.78 is 122. The number of hydrogen-bond acceptors (Lipinski definition) is 20. The number of aliphatic hydroxyl groups is 1. The molecule has 4 atom stereocenters. The molecule has 10 N–H and O–H groups in total. The molecule has 3 aromatic carbocycles. The van der Waals surface area contributed by atoms with Gasteiger partial charge in [0, 0.05) is 92.7 Å².